The lowest BCUT2D eigenvalue weighted by molar-refractivity contribution is -0.122. The quantitative estimate of drug-likeness (QED) is 0.181. The molecule has 5 rings (SSSR count). The number of carbonyl (C=O) groups excluding carboxylic acids is 1. The van der Waals surface area contributed by atoms with Gasteiger partial charge in [0.15, 0.2) is 0 Å². The zero-order valence-electron chi connectivity index (χ0n) is 23.4. The Kier molecular flexibility index (Phi) is 9.10. The Bertz CT molecular complexity index is 1560. The Morgan fingerprint density at radius 3 is 2.54 bits per heavy atom. The van der Waals surface area contributed by atoms with Gasteiger partial charge >= 0.3 is 0 Å². The Morgan fingerprint density at radius 1 is 1.10 bits per heavy atom. The molecule has 0 aliphatic carbocycles. The first-order chi connectivity index (χ1) is 19.7. The lowest BCUT2D eigenvalue weighted by Gasteiger charge is -2.34. The maximum absolute atomic E-state index is 13.7. The number of thioether (sulfide) groups is 1. The van der Waals surface area contributed by atoms with Gasteiger partial charge in [-0.15, -0.1) is 0 Å². The molecule has 0 N–H and O–H groups in total. The highest BCUT2D eigenvalue weighted by Gasteiger charge is 2.33. The Hall–Kier alpha value is -2.83. The summed E-state index contributed by atoms with van der Waals surface area (Å²) in [6.45, 7) is 6.24. The van der Waals surface area contributed by atoms with Crippen LogP contribution in [0.15, 0.2) is 70.6 Å². The van der Waals surface area contributed by atoms with Gasteiger partial charge in [0.2, 0.25) is 10.0 Å². The molecule has 2 saturated heterocycles. The van der Waals surface area contributed by atoms with Crippen molar-refractivity contribution in [2.45, 2.75) is 31.6 Å². The van der Waals surface area contributed by atoms with Gasteiger partial charge in [-0.05, 0) is 55.0 Å². The first-order valence-corrected chi connectivity index (χ1v) is 16.3. The van der Waals surface area contributed by atoms with Crippen LogP contribution in [-0.2, 0) is 19.6 Å². The van der Waals surface area contributed by atoms with E-state index in [1.54, 1.807) is 45.3 Å². The summed E-state index contributed by atoms with van der Waals surface area (Å²) in [5, 5.41) is 4.86. The van der Waals surface area contributed by atoms with E-state index in [0.29, 0.717) is 70.5 Å². The zero-order valence-corrected chi connectivity index (χ0v) is 25.8. The molecule has 0 bridgehead atoms. The molecule has 0 radical (unpaired) electrons. The highest BCUT2D eigenvalue weighted by Crippen LogP contribution is 2.36. The summed E-state index contributed by atoms with van der Waals surface area (Å²) >= 11 is 6.76. The molecule has 11 heteroatoms. The van der Waals surface area contributed by atoms with Crippen LogP contribution in [0.4, 0.5) is 0 Å². The van der Waals surface area contributed by atoms with E-state index in [4.69, 9.17) is 22.1 Å². The number of carbonyl (C=O) groups is 1. The van der Waals surface area contributed by atoms with Crippen molar-refractivity contribution in [1.29, 1.82) is 0 Å². The standard InChI is InChI=1S/C30H34N4O4S3/c1-21-15-22(2)19-32(18-21)41(36,37)26-12-7-9-23(16-26)28-24(20-34(31-28)25-10-5-4-6-11-25)17-27-29(35)33(30(39)40-27)13-8-14-38-3/h4-7,9-12,16-17,20-22H,8,13-15,18-19H2,1-3H3/b27-17-. The molecule has 0 spiro atoms. The average molecular weight is 611 g/mol. The number of thiocarbonyl (C=S) groups is 1. The summed E-state index contributed by atoms with van der Waals surface area (Å²) < 4.78 is 36.4. The summed E-state index contributed by atoms with van der Waals surface area (Å²) in [6, 6.07) is 16.6. The van der Waals surface area contributed by atoms with Gasteiger partial charge in [0.25, 0.3) is 5.91 Å². The van der Waals surface area contributed by atoms with E-state index >= 15 is 0 Å². The third kappa shape index (κ3) is 6.49. The Balaban J connectivity index is 1.53. The van der Waals surface area contributed by atoms with Crippen molar-refractivity contribution in [2.75, 3.05) is 33.4 Å². The molecule has 2 unspecified atom stereocenters. The number of benzene rings is 2. The first kappa shape index (κ1) is 29.7. The van der Waals surface area contributed by atoms with Crippen molar-refractivity contribution in [2.24, 2.45) is 11.8 Å². The SMILES string of the molecule is COCCCN1C(=O)/C(=C/c2cn(-c3ccccc3)nc2-c2cccc(S(=O)(=O)N3CC(C)CC(C)C3)c2)SC1=S. The monoisotopic (exact) mass is 610 g/mol. The molecule has 2 aliphatic rings. The smallest absolute Gasteiger partial charge is 0.266 e. The number of sulfonamides is 1. The summed E-state index contributed by atoms with van der Waals surface area (Å²) in [5.41, 5.74) is 2.78. The van der Waals surface area contributed by atoms with E-state index in [2.05, 4.69) is 13.8 Å². The summed E-state index contributed by atoms with van der Waals surface area (Å²) in [4.78, 5) is 15.6. The maximum atomic E-state index is 13.7. The fourth-order valence-corrected chi connectivity index (χ4v) is 8.41. The molecule has 1 amide bonds. The van der Waals surface area contributed by atoms with Gasteiger partial charge in [-0.2, -0.15) is 9.40 Å². The number of piperidine rings is 1. The molecule has 2 atom stereocenters. The average Bonchev–Trinajstić information content (AvgIpc) is 3.49. The van der Waals surface area contributed by atoms with Crippen molar-refractivity contribution in [3.05, 3.63) is 71.3 Å². The number of para-hydroxylation sites is 1. The fraction of sp³-hybridized carbons (Fsp3) is 0.367. The number of nitrogens with zero attached hydrogens (tertiary/aromatic N) is 4. The largest absolute Gasteiger partial charge is 0.385 e. The molecule has 41 heavy (non-hydrogen) atoms. The number of ether oxygens (including phenoxy) is 1. The first-order valence-electron chi connectivity index (χ1n) is 13.7. The minimum absolute atomic E-state index is 0.154. The summed E-state index contributed by atoms with van der Waals surface area (Å²) in [5.74, 6) is 0.454. The number of hydrogen-bond donors (Lipinski definition) is 0. The molecule has 1 aromatic heterocycles. The van der Waals surface area contributed by atoms with Crippen LogP contribution >= 0.6 is 24.0 Å². The topological polar surface area (TPSA) is 84.7 Å². The lowest BCUT2D eigenvalue weighted by atomic mass is 9.94. The zero-order chi connectivity index (χ0) is 29.1. The van der Waals surface area contributed by atoms with Crippen molar-refractivity contribution in [3.63, 3.8) is 0 Å². The molecular weight excluding hydrogens is 577 g/mol. The number of rotatable bonds is 9. The van der Waals surface area contributed by atoms with E-state index in [9.17, 15) is 13.2 Å². The summed E-state index contributed by atoms with van der Waals surface area (Å²) in [7, 11) is -2.05. The van der Waals surface area contributed by atoms with Crippen LogP contribution in [-0.4, -0.2) is 71.0 Å². The van der Waals surface area contributed by atoms with Gasteiger partial charge in [-0.25, -0.2) is 13.1 Å². The minimum atomic E-state index is -3.68. The van der Waals surface area contributed by atoms with E-state index in [-0.39, 0.29) is 10.8 Å². The number of hydrogen-bond acceptors (Lipinski definition) is 7. The van der Waals surface area contributed by atoms with Gasteiger partial charge in [0.1, 0.15) is 10.0 Å². The molecular formula is C30H34N4O4S3. The van der Waals surface area contributed by atoms with Gasteiger partial charge in [-0.3, -0.25) is 9.69 Å². The van der Waals surface area contributed by atoms with Gasteiger partial charge in [-0.1, -0.05) is 68.2 Å². The molecule has 2 aromatic carbocycles. The summed E-state index contributed by atoms with van der Waals surface area (Å²) in [6.07, 6.45) is 5.36. The van der Waals surface area contributed by atoms with Crippen LogP contribution in [0.2, 0.25) is 0 Å². The van der Waals surface area contributed by atoms with Gasteiger partial charge in [0.05, 0.1) is 15.5 Å². The fourth-order valence-electron chi connectivity index (χ4n) is 5.39. The molecule has 2 aliphatic heterocycles. The predicted molar refractivity (Wildman–Crippen MR) is 167 cm³/mol. The highest BCUT2D eigenvalue weighted by molar-refractivity contribution is 8.26. The molecule has 2 fully saturated rings. The lowest BCUT2D eigenvalue weighted by Crippen LogP contribution is -2.42. The predicted octanol–water partition coefficient (Wildman–Crippen LogP) is 5.44. The van der Waals surface area contributed by atoms with E-state index in [1.165, 1.54) is 11.8 Å². The molecule has 3 heterocycles. The second-order valence-corrected chi connectivity index (χ2v) is 14.3. The van der Waals surface area contributed by atoms with E-state index in [0.717, 1.165) is 12.1 Å². The normalized spacial score (nSPS) is 21.2. The van der Waals surface area contributed by atoms with Crippen molar-refractivity contribution < 1.29 is 17.9 Å². The van der Waals surface area contributed by atoms with Gasteiger partial charge in [0, 0.05) is 50.7 Å². The van der Waals surface area contributed by atoms with E-state index < -0.39 is 10.0 Å². The van der Waals surface area contributed by atoms with Crippen LogP contribution in [0.5, 0.6) is 0 Å². The van der Waals surface area contributed by atoms with Crippen molar-refractivity contribution in [1.82, 2.24) is 19.0 Å². The van der Waals surface area contributed by atoms with Crippen LogP contribution in [0.25, 0.3) is 23.0 Å². The Labute approximate surface area is 251 Å². The number of methoxy groups -OCH3 is 1. The number of amides is 1. The maximum Gasteiger partial charge on any atom is 0.266 e. The second kappa shape index (κ2) is 12.6. The third-order valence-electron chi connectivity index (χ3n) is 7.23. The van der Waals surface area contributed by atoms with Crippen LogP contribution in [0.3, 0.4) is 0 Å². The minimum Gasteiger partial charge on any atom is -0.385 e. The number of aromatic nitrogens is 2. The highest BCUT2D eigenvalue weighted by atomic mass is 32.2. The second-order valence-electron chi connectivity index (χ2n) is 10.7. The molecule has 216 valence electrons. The van der Waals surface area contributed by atoms with Crippen LogP contribution in [0.1, 0.15) is 32.3 Å². The van der Waals surface area contributed by atoms with Crippen LogP contribution < -0.4 is 0 Å². The molecule has 3 aromatic rings. The van der Waals surface area contributed by atoms with Crippen molar-refractivity contribution in [3.8, 4) is 16.9 Å². The molecule has 8 nitrogen and oxygen atoms in total. The van der Waals surface area contributed by atoms with Crippen molar-refractivity contribution >= 4 is 50.3 Å². The van der Waals surface area contributed by atoms with E-state index in [1.807, 2.05) is 42.6 Å². The third-order valence-corrected chi connectivity index (χ3v) is 10.4. The molecule has 0 saturated carbocycles. The Morgan fingerprint density at radius 2 is 1.83 bits per heavy atom. The van der Waals surface area contributed by atoms with Gasteiger partial charge < -0.3 is 4.74 Å². The van der Waals surface area contributed by atoms with Crippen LogP contribution in [0, 0.1) is 11.8 Å².